The molecule has 0 radical (unpaired) electrons. The lowest BCUT2D eigenvalue weighted by Crippen LogP contribution is -2.44. The number of sulfonamides is 1. The minimum absolute atomic E-state index is 0.000931. The molecule has 0 unspecified atom stereocenters. The van der Waals surface area contributed by atoms with Crippen molar-refractivity contribution >= 4 is 26.0 Å². The summed E-state index contributed by atoms with van der Waals surface area (Å²) in [6.45, 7) is 2.73. The molecule has 2 aromatic rings. The SMILES string of the molecule is O=S(=O)(NC1CCN(Cc2ccccc2)CC1)c1cccc(Br)c1. The Morgan fingerprint density at radius 2 is 1.75 bits per heavy atom. The number of halogens is 1. The molecule has 0 aromatic heterocycles. The van der Waals surface area contributed by atoms with Crippen molar-refractivity contribution < 1.29 is 8.42 Å². The first kappa shape index (κ1) is 17.6. The van der Waals surface area contributed by atoms with E-state index in [0.717, 1.165) is 36.9 Å². The van der Waals surface area contributed by atoms with Gasteiger partial charge in [0, 0.05) is 30.1 Å². The second-order valence-corrected chi connectivity index (χ2v) is 8.74. The molecule has 1 N–H and O–H groups in total. The number of likely N-dealkylation sites (tertiary alicyclic amines) is 1. The average molecular weight is 409 g/mol. The number of hydrogen-bond donors (Lipinski definition) is 1. The third-order valence-electron chi connectivity index (χ3n) is 4.26. The topological polar surface area (TPSA) is 49.4 Å². The van der Waals surface area contributed by atoms with Crippen LogP contribution in [0.15, 0.2) is 64.0 Å². The summed E-state index contributed by atoms with van der Waals surface area (Å²) in [7, 11) is -3.46. The predicted octanol–water partition coefficient (Wildman–Crippen LogP) is 3.39. The summed E-state index contributed by atoms with van der Waals surface area (Å²) >= 11 is 3.32. The van der Waals surface area contributed by atoms with E-state index in [9.17, 15) is 8.42 Å². The smallest absolute Gasteiger partial charge is 0.240 e. The zero-order valence-electron chi connectivity index (χ0n) is 13.4. The third-order valence-corrected chi connectivity index (χ3v) is 6.28. The molecule has 6 heteroatoms. The maximum absolute atomic E-state index is 12.5. The van der Waals surface area contributed by atoms with Crippen molar-refractivity contribution in [3.63, 3.8) is 0 Å². The van der Waals surface area contributed by atoms with E-state index >= 15 is 0 Å². The lowest BCUT2D eigenvalue weighted by molar-refractivity contribution is 0.200. The van der Waals surface area contributed by atoms with E-state index in [1.807, 2.05) is 24.3 Å². The quantitative estimate of drug-likeness (QED) is 0.824. The summed E-state index contributed by atoms with van der Waals surface area (Å²) < 4.78 is 28.6. The molecule has 0 aliphatic carbocycles. The Bertz CT molecular complexity index is 773. The molecule has 1 saturated heterocycles. The van der Waals surface area contributed by atoms with Gasteiger partial charge in [0.25, 0.3) is 0 Å². The number of hydrogen-bond acceptors (Lipinski definition) is 3. The van der Waals surface area contributed by atoms with Crippen molar-refractivity contribution in [2.45, 2.75) is 30.3 Å². The monoisotopic (exact) mass is 408 g/mol. The molecular formula is C18H21BrN2O2S. The van der Waals surface area contributed by atoms with E-state index in [1.54, 1.807) is 18.2 Å². The summed E-state index contributed by atoms with van der Waals surface area (Å²) in [4.78, 5) is 2.68. The summed E-state index contributed by atoms with van der Waals surface area (Å²) in [5.74, 6) is 0. The van der Waals surface area contributed by atoms with Gasteiger partial charge in [0.2, 0.25) is 10.0 Å². The molecule has 1 fully saturated rings. The van der Waals surface area contributed by atoms with E-state index < -0.39 is 10.0 Å². The van der Waals surface area contributed by atoms with Crippen molar-refractivity contribution in [2.24, 2.45) is 0 Å². The first-order chi connectivity index (χ1) is 11.5. The summed E-state index contributed by atoms with van der Waals surface area (Å²) in [5, 5.41) is 0. The zero-order valence-corrected chi connectivity index (χ0v) is 15.8. The fourth-order valence-corrected chi connectivity index (χ4v) is 4.87. The van der Waals surface area contributed by atoms with Crippen LogP contribution in [-0.4, -0.2) is 32.4 Å². The normalized spacial score (nSPS) is 17.0. The fourth-order valence-electron chi connectivity index (χ4n) is 2.97. The Kier molecular flexibility index (Phi) is 5.71. The molecule has 1 heterocycles. The van der Waals surface area contributed by atoms with Crippen LogP contribution in [-0.2, 0) is 16.6 Å². The number of benzene rings is 2. The Labute approximate surface area is 152 Å². The van der Waals surface area contributed by atoms with Crippen LogP contribution in [0.25, 0.3) is 0 Å². The van der Waals surface area contributed by atoms with Gasteiger partial charge in [0.05, 0.1) is 4.90 Å². The van der Waals surface area contributed by atoms with Crippen molar-refractivity contribution in [1.29, 1.82) is 0 Å². The Morgan fingerprint density at radius 3 is 2.42 bits per heavy atom. The molecule has 0 bridgehead atoms. The summed E-state index contributed by atoms with van der Waals surface area (Å²) in [6.07, 6.45) is 1.67. The van der Waals surface area contributed by atoms with Gasteiger partial charge in [0.1, 0.15) is 0 Å². The largest absolute Gasteiger partial charge is 0.299 e. The molecule has 4 nitrogen and oxygen atoms in total. The molecule has 1 aliphatic heterocycles. The highest BCUT2D eigenvalue weighted by Gasteiger charge is 2.24. The van der Waals surface area contributed by atoms with Crippen LogP contribution in [0.2, 0.25) is 0 Å². The van der Waals surface area contributed by atoms with Crippen LogP contribution in [0, 0.1) is 0 Å². The Balaban J connectivity index is 1.55. The second-order valence-electron chi connectivity index (χ2n) is 6.11. The molecule has 2 aromatic carbocycles. The minimum Gasteiger partial charge on any atom is -0.299 e. The van der Waals surface area contributed by atoms with Crippen LogP contribution in [0.3, 0.4) is 0 Å². The van der Waals surface area contributed by atoms with Gasteiger partial charge in [-0.15, -0.1) is 0 Å². The fraction of sp³-hybridized carbons (Fsp3) is 0.333. The van der Waals surface area contributed by atoms with Crippen LogP contribution < -0.4 is 4.72 Å². The molecule has 24 heavy (non-hydrogen) atoms. The van der Waals surface area contributed by atoms with Crippen LogP contribution in [0.1, 0.15) is 18.4 Å². The van der Waals surface area contributed by atoms with Gasteiger partial charge < -0.3 is 0 Å². The molecule has 128 valence electrons. The average Bonchev–Trinajstić information content (AvgIpc) is 2.57. The standard InChI is InChI=1S/C18H21BrN2O2S/c19-16-7-4-8-18(13-16)24(22,23)20-17-9-11-21(12-10-17)14-15-5-2-1-3-6-15/h1-8,13,17,20H,9-12,14H2. The molecule has 0 spiro atoms. The first-order valence-electron chi connectivity index (χ1n) is 8.07. The first-order valence-corrected chi connectivity index (χ1v) is 10.3. The Morgan fingerprint density at radius 1 is 1.04 bits per heavy atom. The van der Waals surface area contributed by atoms with Crippen molar-refractivity contribution in [2.75, 3.05) is 13.1 Å². The van der Waals surface area contributed by atoms with E-state index in [0.29, 0.717) is 4.90 Å². The van der Waals surface area contributed by atoms with E-state index in [-0.39, 0.29) is 6.04 Å². The van der Waals surface area contributed by atoms with Gasteiger partial charge in [-0.3, -0.25) is 4.90 Å². The number of piperidine rings is 1. The number of rotatable bonds is 5. The second kappa shape index (κ2) is 7.78. The zero-order chi connectivity index (χ0) is 17.0. The van der Waals surface area contributed by atoms with Crippen molar-refractivity contribution in [3.8, 4) is 0 Å². The molecule has 0 saturated carbocycles. The molecule has 1 aliphatic rings. The van der Waals surface area contributed by atoms with Crippen LogP contribution in [0.5, 0.6) is 0 Å². The van der Waals surface area contributed by atoms with Gasteiger partial charge in [-0.1, -0.05) is 52.3 Å². The van der Waals surface area contributed by atoms with Crippen LogP contribution in [0.4, 0.5) is 0 Å². The molecule has 0 atom stereocenters. The molecule has 0 amide bonds. The minimum atomic E-state index is -3.46. The van der Waals surface area contributed by atoms with Crippen molar-refractivity contribution in [3.05, 3.63) is 64.6 Å². The molecule has 3 rings (SSSR count). The third kappa shape index (κ3) is 4.66. The predicted molar refractivity (Wildman–Crippen MR) is 99.2 cm³/mol. The Hall–Kier alpha value is -1.21. The van der Waals surface area contributed by atoms with Gasteiger partial charge in [-0.05, 0) is 36.6 Å². The summed E-state index contributed by atoms with van der Waals surface area (Å²) in [5.41, 5.74) is 1.30. The van der Waals surface area contributed by atoms with Gasteiger partial charge in [-0.2, -0.15) is 0 Å². The van der Waals surface area contributed by atoms with Crippen LogP contribution >= 0.6 is 15.9 Å². The van der Waals surface area contributed by atoms with Gasteiger partial charge in [-0.25, -0.2) is 13.1 Å². The van der Waals surface area contributed by atoms with E-state index in [1.165, 1.54) is 5.56 Å². The van der Waals surface area contributed by atoms with Gasteiger partial charge in [0.15, 0.2) is 0 Å². The van der Waals surface area contributed by atoms with Gasteiger partial charge >= 0.3 is 0 Å². The maximum Gasteiger partial charge on any atom is 0.240 e. The highest BCUT2D eigenvalue weighted by atomic mass is 79.9. The van der Waals surface area contributed by atoms with E-state index in [4.69, 9.17) is 0 Å². The van der Waals surface area contributed by atoms with E-state index in [2.05, 4.69) is 37.7 Å². The molecular weight excluding hydrogens is 388 g/mol. The summed E-state index contributed by atoms with van der Waals surface area (Å²) in [6, 6.07) is 17.2. The van der Waals surface area contributed by atoms with Crippen molar-refractivity contribution in [1.82, 2.24) is 9.62 Å². The number of nitrogens with one attached hydrogen (secondary N) is 1. The highest BCUT2D eigenvalue weighted by Crippen LogP contribution is 2.19. The highest BCUT2D eigenvalue weighted by molar-refractivity contribution is 9.10. The lowest BCUT2D eigenvalue weighted by atomic mass is 10.1. The lowest BCUT2D eigenvalue weighted by Gasteiger charge is -2.32. The number of nitrogens with zero attached hydrogens (tertiary/aromatic N) is 1. The maximum atomic E-state index is 12.5.